The Morgan fingerprint density at radius 3 is 2.49 bits per heavy atom. The van der Waals surface area contributed by atoms with E-state index in [-0.39, 0.29) is 23.1 Å². The molecule has 8 nitrogen and oxygen atoms in total. The predicted molar refractivity (Wildman–Crippen MR) is 132 cm³/mol. The summed E-state index contributed by atoms with van der Waals surface area (Å²) in [6.45, 7) is 0.363. The maximum absolute atomic E-state index is 13.7. The van der Waals surface area contributed by atoms with Gasteiger partial charge >= 0.3 is 6.36 Å². The quantitative estimate of drug-likeness (QED) is 0.286. The van der Waals surface area contributed by atoms with E-state index < -0.39 is 28.0 Å². The van der Waals surface area contributed by atoms with Crippen molar-refractivity contribution < 1.29 is 35.5 Å². The monoisotopic (exact) mass is 560 g/mol. The van der Waals surface area contributed by atoms with Crippen molar-refractivity contribution in [2.45, 2.75) is 17.8 Å². The minimum absolute atomic E-state index is 0. The van der Waals surface area contributed by atoms with Crippen LogP contribution in [0, 0.1) is 5.82 Å². The number of alkyl halides is 3. The predicted octanol–water partition coefficient (Wildman–Crippen LogP) is 5.20. The Hall–Kier alpha value is -3.55. The zero-order valence-electron chi connectivity index (χ0n) is 19.3. The summed E-state index contributed by atoms with van der Waals surface area (Å²) in [5.74, 6) is -1.18. The number of ether oxygens (including phenoxy) is 2. The Balaban J connectivity index is 0.00000380. The average molecular weight is 561 g/mol. The van der Waals surface area contributed by atoms with Crippen molar-refractivity contribution in [2.75, 3.05) is 19.5 Å². The molecule has 0 aliphatic heterocycles. The number of nitrogens with one attached hydrogen (secondary N) is 2. The third-order valence-corrected chi connectivity index (χ3v) is 6.78. The van der Waals surface area contributed by atoms with Crippen LogP contribution in [-0.4, -0.2) is 37.9 Å². The molecule has 0 unspecified atom stereocenters. The van der Waals surface area contributed by atoms with E-state index in [0.717, 1.165) is 34.6 Å². The maximum Gasteiger partial charge on any atom is 0.573 e. The molecule has 0 aliphatic rings. The minimum Gasteiger partial charge on any atom is -0.494 e. The van der Waals surface area contributed by atoms with Gasteiger partial charge in [0.15, 0.2) is 0 Å². The molecule has 2 aromatic carbocycles. The first-order valence-corrected chi connectivity index (χ1v) is 11.8. The van der Waals surface area contributed by atoms with Crippen LogP contribution in [0.3, 0.4) is 0 Å². The lowest BCUT2D eigenvalue weighted by molar-refractivity contribution is -0.274. The Morgan fingerprint density at radius 1 is 1.08 bits per heavy atom. The van der Waals surface area contributed by atoms with Crippen LogP contribution < -0.4 is 20.1 Å². The first-order valence-electron chi connectivity index (χ1n) is 10.4. The Morgan fingerprint density at radius 2 is 1.84 bits per heavy atom. The fourth-order valence-corrected chi connectivity index (χ4v) is 5.01. The summed E-state index contributed by atoms with van der Waals surface area (Å²) < 4.78 is 88.2. The van der Waals surface area contributed by atoms with E-state index >= 15 is 0 Å². The van der Waals surface area contributed by atoms with Crippen molar-refractivity contribution in [3.05, 3.63) is 72.4 Å². The molecule has 0 spiro atoms. The number of pyridine rings is 1. The van der Waals surface area contributed by atoms with E-state index in [1.807, 2.05) is 0 Å². The van der Waals surface area contributed by atoms with E-state index in [1.165, 1.54) is 19.4 Å². The number of hydrogen-bond acceptors (Lipinski definition) is 7. The number of hydrogen-bond donors (Lipinski definition) is 2. The topological polar surface area (TPSA) is 94.5 Å². The van der Waals surface area contributed by atoms with Crippen LogP contribution in [0.2, 0.25) is 0 Å². The summed E-state index contributed by atoms with van der Waals surface area (Å²) in [5.41, 5.74) is 1.72. The molecule has 4 aromatic rings. The molecule has 0 saturated carbocycles. The molecule has 0 radical (unpaired) electrons. The number of anilines is 2. The van der Waals surface area contributed by atoms with Crippen molar-refractivity contribution >= 4 is 44.7 Å². The highest BCUT2D eigenvalue weighted by Gasteiger charge is 2.31. The van der Waals surface area contributed by atoms with Gasteiger partial charge in [-0.2, -0.15) is 0 Å². The molecule has 37 heavy (non-hydrogen) atoms. The highest BCUT2D eigenvalue weighted by Crippen LogP contribution is 2.35. The maximum atomic E-state index is 13.7. The van der Waals surface area contributed by atoms with Crippen molar-refractivity contribution in [1.82, 2.24) is 14.3 Å². The second kappa shape index (κ2) is 10.8. The molecule has 2 N–H and O–H groups in total. The highest BCUT2D eigenvalue weighted by atomic mass is 35.5. The number of rotatable bonds is 8. The molecule has 0 bridgehead atoms. The van der Waals surface area contributed by atoms with Crippen molar-refractivity contribution in [3.63, 3.8) is 0 Å². The van der Waals surface area contributed by atoms with Gasteiger partial charge in [-0.05, 0) is 42.9 Å². The second-order valence-electron chi connectivity index (χ2n) is 7.59. The Kier molecular flexibility index (Phi) is 8.20. The van der Waals surface area contributed by atoms with Crippen LogP contribution in [0.15, 0.2) is 66.0 Å². The Bertz CT molecular complexity index is 1530. The smallest absolute Gasteiger partial charge is 0.494 e. The number of fused-ring (bicyclic) bond motifs is 1. The summed E-state index contributed by atoms with van der Waals surface area (Å²) >= 11 is 0. The van der Waals surface area contributed by atoms with Crippen LogP contribution in [0.4, 0.5) is 28.9 Å². The fourth-order valence-electron chi connectivity index (χ4n) is 3.65. The number of methoxy groups -OCH3 is 1. The number of aromatic nitrogens is 2. The van der Waals surface area contributed by atoms with E-state index in [0.29, 0.717) is 34.4 Å². The van der Waals surface area contributed by atoms with E-state index in [9.17, 15) is 26.0 Å². The van der Waals surface area contributed by atoms with E-state index in [2.05, 4.69) is 20.4 Å². The summed E-state index contributed by atoms with van der Waals surface area (Å²) in [6, 6.07) is 9.34. The number of halogens is 5. The van der Waals surface area contributed by atoms with Gasteiger partial charge in [0.2, 0.25) is 0 Å². The SMILES string of the molecule is CNCc1cn(S(=O)(=O)c2cncc(F)c2)c2cc(Nc3ccc(OC(F)(F)F)cc3OC)ccc12.Cl. The summed E-state index contributed by atoms with van der Waals surface area (Å²) in [7, 11) is -1.20. The van der Waals surface area contributed by atoms with Gasteiger partial charge in [-0.3, -0.25) is 4.98 Å². The molecular weight excluding hydrogens is 540 g/mol. The highest BCUT2D eigenvalue weighted by molar-refractivity contribution is 7.90. The molecule has 0 fully saturated rings. The molecule has 0 saturated heterocycles. The van der Waals surface area contributed by atoms with Crippen molar-refractivity contribution in [1.29, 1.82) is 0 Å². The van der Waals surface area contributed by atoms with Gasteiger partial charge in [0, 0.05) is 36.1 Å². The van der Waals surface area contributed by atoms with Crippen LogP contribution in [0.1, 0.15) is 5.56 Å². The van der Waals surface area contributed by atoms with Crippen LogP contribution >= 0.6 is 12.4 Å². The third kappa shape index (κ3) is 6.06. The van der Waals surface area contributed by atoms with Crippen LogP contribution in [0.25, 0.3) is 10.9 Å². The van der Waals surface area contributed by atoms with Gasteiger partial charge < -0.3 is 20.1 Å². The normalized spacial score (nSPS) is 11.7. The van der Waals surface area contributed by atoms with Gasteiger partial charge in [0.25, 0.3) is 10.0 Å². The van der Waals surface area contributed by atoms with Gasteiger partial charge in [-0.15, -0.1) is 25.6 Å². The first-order chi connectivity index (χ1) is 17.0. The molecule has 2 heterocycles. The lowest BCUT2D eigenvalue weighted by Crippen LogP contribution is -2.17. The number of benzene rings is 2. The fraction of sp³-hybridized carbons (Fsp3) is 0.174. The molecule has 2 aromatic heterocycles. The molecular formula is C23H21ClF4N4O4S. The molecule has 4 rings (SSSR count). The Labute approximate surface area is 215 Å². The third-order valence-electron chi connectivity index (χ3n) is 5.14. The molecule has 198 valence electrons. The van der Waals surface area contributed by atoms with Crippen molar-refractivity contribution in [3.8, 4) is 11.5 Å². The van der Waals surface area contributed by atoms with Gasteiger partial charge in [0.1, 0.15) is 22.2 Å². The van der Waals surface area contributed by atoms with Crippen LogP contribution in [-0.2, 0) is 16.6 Å². The van der Waals surface area contributed by atoms with Gasteiger partial charge in [0.05, 0.1) is 24.5 Å². The second-order valence-corrected chi connectivity index (χ2v) is 9.41. The molecule has 14 heteroatoms. The van der Waals surface area contributed by atoms with E-state index in [1.54, 1.807) is 25.2 Å². The zero-order chi connectivity index (χ0) is 26.1. The summed E-state index contributed by atoms with van der Waals surface area (Å²) in [4.78, 5) is 3.31. The number of nitrogens with zero attached hydrogens (tertiary/aromatic N) is 2. The summed E-state index contributed by atoms with van der Waals surface area (Å²) in [5, 5.41) is 6.62. The molecule has 0 amide bonds. The lowest BCUT2D eigenvalue weighted by Gasteiger charge is -2.15. The standard InChI is InChI=1S/C23H20F4N4O4S.ClH/c1-28-10-14-13-31(36(32,33)18-7-15(24)11-29-12-18)21-8-16(3-5-19(14)21)30-20-6-4-17(9-22(20)34-2)35-23(25,26)27;/h3-9,11-13,28,30H,10H2,1-2H3;1H. The van der Waals surface area contributed by atoms with Gasteiger partial charge in [-0.1, -0.05) is 6.07 Å². The minimum atomic E-state index is -4.86. The largest absolute Gasteiger partial charge is 0.573 e. The first kappa shape index (κ1) is 28.0. The zero-order valence-corrected chi connectivity index (χ0v) is 21.0. The average Bonchev–Trinajstić information content (AvgIpc) is 3.18. The van der Waals surface area contributed by atoms with Gasteiger partial charge in [-0.25, -0.2) is 16.8 Å². The molecule has 0 aliphatic carbocycles. The molecule has 0 atom stereocenters. The summed E-state index contributed by atoms with van der Waals surface area (Å²) in [6.07, 6.45) is -1.46. The lowest BCUT2D eigenvalue weighted by atomic mass is 10.1. The van der Waals surface area contributed by atoms with Crippen LogP contribution in [0.5, 0.6) is 11.5 Å². The van der Waals surface area contributed by atoms with E-state index in [4.69, 9.17) is 4.74 Å². The van der Waals surface area contributed by atoms with Crippen molar-refractivity contribution in [2.24, 2.45) is 0 Å².